The van der Waals surface area contributed by atoms with Gasteiger partial charge < -0.3 is 16.0 Å². The molecule has 1 fully saturated rings. The van der Waals surface area contributed by atoms with Gasteiger partial charge in [0.1, 0.15) is 0 Å². The van der Waals surface area contributed by atoms with Crippen LogP contribution in [0.25, 0.3) is 0 Å². The van der Waals surface area contributed by atoms with Crippen molar-refractivity contribution >= 4 is 21.9 Å². The Bertz CT molecular complexity index is 802. The minimum absolute atomic E-state index is 0.0956. The Morgan fingerprint density at radius 1 is 1.24 bits per heavy atom. The van der Waals surface area contributed by atoms with Crippen LogP contribution in [0.5, 0.6) is 0 Å². The molecule has 1 aliphatic rings. The number of amides is 1. The van der Waals surface area contributed by atoms with Crippen molar-refractivity contribution in [2.75, 3.05) is 39.0 Å². The fourth-order valence-electron chi connectivity index (χ4n) is 3.28. The van der Waals surface area contributed by atoms with Crippen molar-refractivity contribution in [2.45, 2.75) is 39.2 Å². The standard InChI is InChI=1S/C20H33N5O3S/c1-4-22-20(24-18-10-13-25(14-11-18)29(27,28)5-2)23-12-9-16-7-6-8-17(15-16)19(26)21-3/h6-8,15,18H,4-5,9-14H2,1-3H3,(H,21,26)(H2,22,23,24). The molecular formula is C20H33N5O3S. The fourth-order valence-corrected chi connectivity index (χ4v) is 4.42. The number of hydrogen-bond acceptors (Lipinski definition) is 4. The van der Waals surface area contributed by atoms with Crippen molar-refractivity contribution in [1.29, 1.82) is 0 Å². The topological polar surface area (TPSA) is 103 Å². The van der Waals surface area contributed by atoms with E-state index in [1.807, 2.05) is 25.1 Å². The molecule has 0 saturated carbocycles. The number of piperidine rings is 1. The number of nitrogens with one attached hydrogen (secondary N) is 3. The van der Waals surface area contributed by atoms with Gasteiger partial charge in [-0.15, -0.1) is 0 Å². The molecule has 0 radical (unpaired) electrons. The quantitative estimate of drug-likeness (QED) is 0.427. The summed E-state index contributed by atoms with van der Waals surface area (Å²) in [5.41, 5.74) is 1.71. The lowest BCUT2D eigenvalue weighted by atomic mass is 10.1. The molecule has 162 valence electrons. The molecule has 3 N–H and O–H groups in total. The molecule has 1 aromatic rings. The summed E-state index contributed by atoms with van der Waals surface area (Å²) >= 11 is 0. The Morgan fingerprint density at radius 2 is 1.97 bits per heavy atom. The molecule has 2 rings (SSSR count). The third-order valence-electron chi connectivity index (χ3n) is 4.98. The smallest absolute Gasteiger partial charge is 0.251 e. The number of guanidine groups is 1. The van der Waals surface area contributed by atoms with E-state index in [1.54, 1.807) is 24.3 Å². The summed E-state index contributed by atoms with van der Waals surface area (Å²) in [6.45, 7) is 6.12. The van der Waals surface area contributed by atoms with E-state index in [2.05, 4.69) is 20.9 Å². The minimum Gasteiger partial charge on any atom is -0.357 e. The van der Waals surface area contributed by atoms with Gasteiger partial charge in [0.15, 0.2) is 5.96 Å². The second-order valence-electron chi connectivity index (χ2n) is 7.01. The lowest BCUT2D eigenvalue weighted by molar-refractivity contribution is 0.0963. The zero-order valence-electron chi connectivity index (χ0n) is 17.6. The lowest BCUT2D eigenvalue weighted by Gasteiger charge is -2.32. The average molecular weight is 424 g/mol. The van der Waals surface area contributed by atoms with Crippen LogP contribution >= 0.6 is 0 Å². The Kier molecular flexibility index (Phi) is 8.91. The maximum absolute atomic E-state index is 12.0. The normalized spacial score (nSPS) is 16.4. The van der Waals surface area contributed by atoms with Gasteiger partial charge in [-0.25, -0.2) is 12.7 Å². The maximum Gasteiger partial charge on any atom is 0.251 e. The van der Waals surface area contributed by atoms with Crippen LogP contribution in [0.1, 0.15) is 42.6 Å². The number of nitrogens with zero attached hydrogens (tertiary/aromatic N) is 2. The Balaban J connectivity index is 1.90. The first-order chi connectivity index (χ1) is 13.9. The third-order valence-corrected chi connectivity index (χ3v) is 6.87. The van der Waals surface area contributed by atoms with Crippen molar-refractivity contribution in [3.05, 3.63) is 35.4 Å². The summed E-state index contributed by atoms with van der Waals surface area (Å²) in [6.07, 6.45) is 2.25. The first kappa shape index (κ1) is 23.2. The zero-order chi connectivity index (χ0) is 21.3. The van der Waals surface area contributed by atoms with E-state index in [0.717, 1.165) is 37.3 Å². The van der Waals surface area contributed by atoms with Crippen molar-refractivity contribution in [3.63, 3.8) is 0 Å². The van der Waals surface area contributed by atoms with E-state index in [1.165, 1.54) is 0 Å². The number of carbonyl (C=O) groups excluding carboxylic acids is 1. The fraction of sp³-hybridized carbons (Fsp3) is 0.600. The second-order valence-corrected chi connectivity index (χ2v) is 9.27. The molecule has 0 spiro atoms. The lowest BCUT2D eigenvalue weighted by Crippen LogP contribution is -2.50. The van der Waals surface area contributed by atoms with Crippen molar-refractivity contribution in [2.24, 2.45) is 4.99 Å². The van der Waals surface area contributed by atoms with Gasteiger partial charge in [0.2, 0.25) is 10.0 Å². The van der Waals surface area contributed by atoms with Crippen molar-refractivity contribution < 1.29 is 13.2 Å². The van der Waals surface area contributed by atoms with E-state index < -0.39 is 10.0 Å². The van der Waals surface area contributed by atoms with Gasteiger partial charge in [-0.3, -0.25) is 9.79 Å². The van der Waals surface area contributed by atoms with E-state index in [4.69, 9.17) is 0 Å². The van der Waals surface area contributed by atoms with Gasteiger partial charge in [0, 0.05) is 44.8 Å². The van der Waals surface area contributed by atoms with Crippen LogP contribution in [0.3, 0.4) is 0 Å². The largest absolute Gasteiger partial charge is 0.357 e. The predicted molar refractivity (Wildman–Crippen MR) is 117 cm³/mol. The second kappa shape index (κ2) is 11.2. The number of carbonyl (C=O) groups is 1. The van der Waals surface area contributed by atoms with Crippen molar-refractivity contribution in [1.82, 2.24) is 20.3 Å². The van der Waals surface area contributed by atoms with Gasteiger partial charge in [-0.2, -0.15) is 0 Å². The van der Waals surface area contributed by atoms with Crippen LogP contribution in [0, 0.1) is 0 Å². The highest BCUT2D eigenvalue weighted by atomic mass is 32.2. The summed E-state index contributed by atoms with van der Waals surface area (Å²) in [5, 5.41) is 9.31. The molecule has 1 aliphatic heterocycles. The average Bonchev–Trinajstić information content (AvgIpc) is 2.74. The van der Waals surface area contributed by atoms with Crippen LogP contribution in [-0.2, 0) is 16.4 Å². The SMILES string of the molecule is CCNC(=NCCc1cccc(C(=O)NC)c1)NC1CCN(S(=O)(=O)CC)CC1. The van der Waals surface area contributed by atoms with Crippen LogP contribution in [0.2, 0.25) is 0 Å². The van der Waals surface area contributed by atoms with E-state index in [0.29, 0.717) is 25.2 Å². The molecule has 0 aliphatic carbocycles. The predicted octanol–water partition coefficient (Wildman–Crippen LogP) is 0.958. The maximum atomic E-state index is 12.0. The van der Waals surface area contributed by atoms with Gasteiger partial charge in [0.05, 0.1) is 5.75 Å². The Morgan fingerprint density at radius 3 is 2.59 bits per heavy atom. The van der Waals surface area contributed by atoms with Crippen molar-refractivity contribution in [3.8, 4) is 0 Å². The number of benzene rings is 1. The molecule has 9 heteroatoms. The summed E-state index contributed by atoms with van der Waals surface area (Å²) < 4.78 is 25.6. The molecule has 8 nitrogen and oxygen atoms in total. The molecule has 0 aromatic heterocycles. The first-order valence-corrected chi connectivity index (χ1v) is 11.8. The molecule has 0 bridgehead atoms. The van der Waals surface area contributed by atoms with Crippen LogP contribution < -0.4 is 16.0 Å². The first-order valence-electron chi connectivity index (χ1n) is 10.2. The van der Waals surface area contributed by atoms with E-state index >= 15 is 0 Å². The molecule has 1 saturated heterocycles. The molecule has 1 heterocycles. The monoisotopic (exact) mass is 423 g/mol. The van der Waals surface area contributed by atoms with Gasteiger partial charge in [-0.05, 0) is 50.8 Å². The minimum atomic E-state index is -3.11. The van der Waals surface area contributed by atoms with Crippen LogP contribution in [-0.4, -0.2) is 69.6 Å². The van der Waals surface area contributed by atoms with Gasteiger partial charge in [-0.1, -0.05) is 12.1 Å². The van der Waals surface area contributed by atoms with E-state index in [-0.39, 0.29) is 17.7 Å². The Labute approximate surface area is 174 Å². The van der Waals surface area contributed by atoms with E-state index in [9.17, 15) is 13.2 Å². The molecule has 0 unspecified atom stereocenters. The highest BCUT2D eigenvalue weighted by Crippen LogP contribution is 2.14. The zero-order valence-corrected chi connectivity index (χ0v) is 18.4. The summed E-state index contributed by atoms with van der Waals surface area (Å²) in [4.78, 5) is 16.4. The Hall–Kier alpha value is -2.13. The molecule has 1 amide bonds. The molecule has 0 atom stereocenters. The number of sulfonamides is 1. The van der Waals surface area contributed by atoms with Gasteiger partial charge in [0.25, 0.3) is 5.91 Å². The number of rotatable bonds is 8. The summed E-state index contributed by atoms with van der Waals surface area (Å²) in [6, 6.07) is 7.76. The summed E-state index contributed by atoms with van der Waals surface area (Å²) in [7, 11) is -1.49. The number of aliphatic imine (C=N–C) groups is 1. The molecule has 29 heavy (non-hydrogen) atoms. The molecular weight excluding hydrogens is 390 g/mol. The van der Waals surface area contributed by atoms with Crippen LogP contribution in [0.15, 0.2) is 29.3 Å². The number of hydrogen-bond donors (Lipinski definition) is 3. The highest BCUT2D eigenvalue weighted by molar-refractivity contribution is 7.89. The van der Waals surface area contributed by atoms with Gasteiger partial charge >= 0.3 is 0 Å². The summed E-state index contributed by atoms with van der Waals surface area (Å²) in [5.74, 6) is 0.796. The molecule has 1 aromatic carbocycles. The van der Waals surface area contributed by atoms with Crippen LogP contribution in [0.4, 0.5) is 0 Å². The highest BCUT2D eigenvalue weighted by Gasteiger charge is 2.26. The third kappa shape index (κ3) is 7.01.